The first kappa shape index (κ1) is 21.1. The van der Waals surface area contributed by atoms with Gasteiger partial charge in [0.2, 0.25) is 11.8 Å². The van der Waals surface area contributed by atoms with Gasteiger partial charge in [-0.25, -0.2) is 0 Å². The summed E-state index contributed by atoms with van der Waals surface area (Å²) in [5, 5.41) is 0.932. The fourth-order valence-electron chi connectivity index (χ4n) is 2.64. The molecule has 1 aliphatic rings. The Balaban J connectivity index is 1.34. The Morgan fingerprint density at radius 3 is 2.52 bits per heavy atom. The van der Waals surface area contributed by atoms with Gasteiger partial charge in [0.15, 0.2) is 11.5 Å². The van der Waals surface area contributed by atoms with Crippen LogP contribution in [-0.2, 0) is 16.0 Å². The number of benzene rings is 2. The Labute approximate surface area is 178 Å². The number of carbonyl (C=O) groups is 2. The summed E-state index contributed by atoms with van der Waals surface area (Å²) in [5.41, 5.74) is 5.55. The summed E-state index contributed by atoms with van der Waals surface area (Å²) in [4.78, 5) is 23.9. The van der Waals surface area contributed by atoms with Crippen LogP contribution in [0, 0.1) is 0 Å². The zero-order chi connectivity index (χ0) is 20.6. The van der Waals surface area contributed by atoms with Crippen molar-refractivity contribution in [3.05, 3.63) is 52.0 Å². The van der Waals surface area contributed by atoms with Gasteiger partial charge in [0.1, 0.15) is 19.0 Å². The van der Waals surface area contributed by atoms with Gasteiger partial charge in [-0.2, -0.15) is 0 Å². The first-order valence-corrected chi connectivity index (χ1v) is 9.81. The summed E-state index contributed by atoms with van der Waals surface area (Å²) in [7, 11) is 0. The Bertz CT molecular complexity index is 891. The molecule has 2 aromatic rings. The lowest BCUT2D eigenvalue weighted by Crippen LogP contribution is -2.42. The van der Waals surface area contributed by atoms with Gasteiger partial charge in [-0.15, -0.1) is 0 Å². The van der Waals surface area contributed by atoms with Crippen LogP contribution in [0.1, 0.15) is 18.4 Å². The summed E-state index contributed by atoms with van der Waals surface area (Å²) < 4.78 is 16.4. The molecule has 0 aromatic heterocycles. The van der Waals surface area contributed by atoms with Crippen LogP contribution in [0.4, 0.5) is 0 Å². The number of hydrazine groups is 1. The molecule has 29 heavy (non-hydrogen) atoms. The van der Waals surface area contributed by atoms with Gasteiger partial charge in [0.05, 0.1) is 18.1 Å². The third-order valence-electron chi connectivity index (χ3n) is 4.01. The van der Waals surface area contributed by atoms with Gasteiger partial charge in [0, 0.05) is 11.4 Å². The lowest BCUT2D eigenvalue weighted by Gasteiger charge is -2.18. The van der Waals surface area contributed by atoms with Gasteiger partial charge < -0.3 is 14.2 Å². The zero-order valence-electron chi connectivity index (χ0n) is 15.5. The third-order valence-corrected chi connectivity index (χ3v) is 4.54. The molecule has 2 N–H and O–H groups in total. The third kappa shape index (κ3) is 6.44. The summed E-state index contributed by atoms with van der Waals surface area (Å²) in [6.45, 7) is 1.29. The monoisotopic (exact) mass is 438 g/mol. The number of halogens is 2. The van der Waals surface area contributed by atoms with E-state index in [1.54, 1.807) is 36.4 Å². The molecule has 7 nitrogen and oxygen atoms in total. The van der Waals surface area contributed by atoms with Crippen LogP contribution in [0.15, 0.2) is 36.4 Å². The molecule has 0 atom stereocenters. The van der Waals surface area contributed by atoms with Crippen LogP contribution in [-0.4, -0.2) is 31.6 Å². The average Bonchev–Trinajstić information content (AvgIpc) is 2.71. The van der Waals surface area contributed by atoms with Crippen molar-refractivity contribution in [3.8, 4) is 17.2 Å². The van der Waals surface area contributed by atoms with Gasteiger partial charge >= 0.3 is 0 Å². The highest BCUT2D eigenvalue weighted by molar-refractivity contribution is 6.35. The topological polar surface area (TPSA) is 85.9 Å². The standard InChI is InChI=1S/C20H20Cl2N2O5/c21-14-4-6-16(15(22)12-14)27-7-1-2-19(25)23-24-20(26)11-13-3-5-17-18(10-13)29-9-8-28-17/h3-6,10,12H,1-2,7-9,11H2,(H,23,25)(H,24,26). The molecule has 0 saturated heterocycles. The number of amides is 2. The SMILES string of the molecule is O=C(CCCOc1ccc(Cl)cc1Cl)NNC(=O)Cc1ccc2c(c1)OCCO2. The lowest BCUT2D eigenvalue weighted by molar-refractivity contribution is -0.128. The van der Waals surface area contributed by atoms with Crippen LogP contribution >= 0.6 is 23.2 Å². The van der Waals surface area contributed by atoms with Gasteiger partial charge in [-0.3, -0.25) is 20.4 Å². The Morgan fingerprint density at radius 2 is 1.72 bits per heavy atom. The summed E-state index contributed by atoms with van der Waals surface area (Å²) in [6.07, 6.45) is 0.757. The van der Waals surface area contributed by atoms with Crippen LogP contribution in [0.3, 0.4) is 0 Å². The maximum absolute atomic E-state index is 12.0. The van der Waals surface area contributed by atoms with E-state index in [4.69, 9.17) is 37.4 Å². The molecule has 2 aromatic carbocycles. The molecule has 0 fully saturated rings. The molecule has 0 radical (unpaired) electrons. The summed E-state index contributed by atoms with van der Waals surface area (Å²) in [5.74, 6) is 1.14. The van der Waals surface area contributed by atoms with Crippen LogP contribution in [0.5, 0.6) is 17.2 Å². The minimum atomic E-state index is -0.334. The molecule has 0 aliphatic carbocycles. The highest BCUT2D eigenvalue weighted by atomic mass is 35.5. The van der Waals surface area contributed by atoms with E-state index in [1.165, 1.54) is 0 Å². The zero-order valence-corrected chi connectivity index (χ0v) is 17.0. The second-order valence-corrected chi connectivity index (χ2v) is 7.12. The Kier molecular flexibility index (Phi) is 7.43. The number of ether oxygens (including phenoxy) is 3. The molecule has 0 saturated carbocycles. The number of hydrogen-bond acceptors (Lipinski definition) is 5. The van der Waals surface area contributed by atoms with Crippen molar-refractivity contribution < 1.29 is 23.8 Å². The predicted molar refractivity (Wildman–Crippen MR) is 109 cm³/mol. The number of carbonyl (C=O) groups excluding carboxylic acids is 2. The largest absolute Gasteiger partial charge is 0.492 e. The van der Waals surface area contributed by atoms with Gasteiger partial charge in [-0.05, 0) is 42.3 Å². The fourth-order valence-corrected chi connectivity index (χ4v) is 3.10. The molecule has 1 aliphatic heterocycles. The molecular weight excluding hydrogens is 419 g/mol. The molecule has 0 bridgehead atoms. The number of fused-ring (bicyclic) bond motifs is 1. The Morgan fingerprint density at radius 1 is 0.966 bits per heavy atom. The van der Waals surface area contributed by atoms with E-state index in [0.29, 0.717) is 53.5 Å². The number of rotatable bonds is 7. The van der Waals surface area contributed by atoms with Gasteiger partial charge in [-0.1, -0.05) is 29.3 Å². The second-order valence-electron chi connectivity index (χ2n) is 6.28. The van der Waals surface area contributed by atoms with E-state index in [2.05, 4.69) is 10.9 Å². The predicted octanol–water partition coefficient (Wildman–Crippen LogP) is 3.31. The molecule has 3 rings (SSSR count). The highest BCUT2D eigenvalue weighted by Crippen LogP contribution is 2.31. The molecule has 1 heterocycles. The quantitative estimate of drug-likeness (QED) is 0.511. The van der Waals surface area contributed by atoms with E-state index in [0.717, 1.165) is 5.56 Å². The minimum absolute atomic E-state index is 0.106. The summed E-state index contributed by atoms with van der Waals surface area (Å²) in [6, 6.07) is 10.2. The van der Waals surface area contributed by atoms with E-state index < -0.39 is 0 Å². The molecular formula is C20H20Cl2N2O5. The normalized spacial score (nSPS) is 12.2. The maximum Gasteiger partial charge on any atom is 0.242 e. The van der Waals surface area contributed by atoms with Crippen LogP contribution in [0.2, 0.25) is 10.0 Å². The summed E-state index contributed by atoms with van der Waals surface area (Å²) >= 11 is 11.8. The lowest BCUT2D eigenvalue weighted by atomic mass is 10.1. The fraction of sp³-hybridized carbons (Fsp3) is 0.300. The average molecular weight is 439 g/mol. The van der Waals surface area contributed by atoms with E-state index >= 15 is 0 Å². The van der Waals surface area contributed by atoms with Gasteiger partial charge in [0.25, 0.3) is 0 Å². The molecule has 154 valence electrons. The van der Waals surface area contributed by atoms with Crippen molar-refractivity contribution in [2.45, 2.75) is 19.3 Å². The second kappa shape index (κ2) is 10.2. The van der Waals surface area contributed by atoms with E-state index in [1.807, 2.05) is 0 Å². The number of nitrogens with one attached hydrogen (secondary N) is 2. The van der Waals surface area contributed by atoms with Crippen molar-refractivity contribution in [3.63, 3.8) is 0 Å². The van der Waals surface area contributed by atoms with E-state index in [9.17, 15) is 9.59 Å². The highest BCUT2D eigenvalue weighted by Gasteiger charge is 2.13. The molecule has 0 spiro atoms. The van der Waals surface area contributed by atoms with Crippen LogP contribution in [0.25, 0.3) is 0 Å². The number of hydrogen-bond donors (Lipinski definition) is 2. The maximum atomic E-state index is 12.0. The smallest absolute Gasteiger partial charge is 0.242 e. The van der Waals surface area contributed by atoms with Crippen molar-refractivity contribution in [1.82, 2.24) is 10.9 Å². The molecule has 2 amide bonds. The van der Waals surface area contributed by atoms with Crippen molar-refractivity contribution in [2.24, 2.45) is 0 Å². The Hall–Kier alpha value is -2.64. The first-order valence-electron chi connectivity index (χ1n) is 9.05. The minimum Gasteiger partial charge on any atom is -0.492 e. The molecule has 9 heteroatoms. The first-order chi connectivity index (χ1) is 14.0. The van der Waals surface area contributed by atoms with Crippen molar-refractivity contribution >= 4 is 35.0 Å². The van der Waals surface area contributed by atoms with Crippen molar-refractivity contribution in [2.75, 3.05) is 19.8 Å². The van der Waals surface area contributed by atoms with Crippen LogP contribution < -0.4 is 25.1 Å². The van der Waals surface area contributed by atoms with Crippen molar-refractivity contribution in [1.29, 1.82) is 0 Å². The molecule has 0 unspecified atom stereocenters. The van der Waals surface area contributed by atoms with E-state index in [-0.39, 0.29) is 24.7 Å².